The molecule has 0 amide bonds. The fourth-order valence-electron chi connectivity index (χ4n) is 3.47. The molecule has 34 heavy (non-hydrogen) atoms. The monoisotopic (exact) mass is 506 g/mol. The van der Waals surface area contributed by atoms with Crippen LogP contribution in [-0.4, -0.2) is 30.7 Å². The maximum absolute atomic E-state index is 12.7. The van der Waals surface area contributed by atoms with Crippen LogP contribution in [0.4, 0.5) is 0 Å². The smallest absolute Gasteiger partial charge is 0.344 e. The number of fused-ring (bicyclic) bond motifs is 2. The fraction of sp³-hybridized carbons (Fsp3) is 0.208. The molecule has 0 aliphatic carbocycles. The number of ether oxygens (including phenoxy) is 1. The topological polar surface area (TPSA) is 127 Å². The highest BCUT2D eigenvalue weighted by atomic mass is 35.5. The fourth-order valence-corrected chi connectivity index (χ4v) is 3.80. The molecule has 4 rings (SSSR count). The molecule has 2 N–H and O–H groups in total. The minimum atomic E-state index is -1.67. The highest BCUT2D eigenvalue weighted by Crippen LogP contribution is 2.39. The standard InChI is InChI=1S/C22H14Cl2O7.C2H6O/c1-8-3-15-10(5-13(8)23)19(26)17(21(28)30-15)12(7-25)18-20(27)11-6-14(24)9(2)4-16(11)31-22(18)29;1-3-2/h3-7,12,26-27H,1-2H3;1-2H3. The second-order valence-electron chi connectivity index (χ2n) is 7.52. The van der Waals surface area contributed by atoms with Gasteiger partial charge < -0.3 is 28.6 Å². The summed E-state index contributed by atoms with van der Waals surface area (Å²) in [7, 11) is 3.25. The zero-order chi connectivity index (χ0) is 25.3. The minimum Gasteiger partial charge on any atom is -0.507 e. The molecule has 8 nitrogen and oxygen atoms in total. The number of carbonyl (C=O) groups excluding carboxylic acids is 1. The van der Waals surface area contributed by atoms with Gasteiger partial charge in [-0.05, 0) is 49.2 Å². The average molecular weight is 507 g/mol. The molecule has 10 heteroatoms. The van der Waals surface area contributed by atoms with Gasteiger partial charge in [-0.3, -0.25) is 0 Å². The minimum absolute atomic E-state index is 0.0508. The Bertz CT molecular complexity index is 1420. The number of hydrogen-bond donors (Lipinski definition) is 2. The van der Waals surface area contributed by atoms with E-state index in [1.54, 1.807) is 28.1 Å². The number of aryl methyl sites for hydroxylation is 2. The van der Waals surface area contributed by atoms with Crippen molar-refractivity contribution in [3.8, 4) is 11.5 Å². The second-order valence-corrected chi connectivity index (χ2v) is 8.34. The van der Waals surface area contributed by atoms with Gasteiger partial charge in [-0.25, -0.2) is 9.59 Å². The maximum Gasteiger partial charge on any atom is 0.344 e. The largest absolute Gasteiger partial charge is 0.507 e. The Hall–Kier alpha value is -3.33. The Morgan fingerprint density at radius 1 is 0.824 bits per heavy atom. The molecule has 0 fully saturated rings. The van der Waals surface area contributed by atoms with Crippen LogP contribution in [0.25, 0.3) is 21.9 Å². The quantitative estimate of drug-likeness (QED) is 0.298. The van der Waals surface area contributed by atoms with E-state index in [0.29, 0.717) is 21.2 Å². The summed E-state index contributed by atoms with van der Waals surface area (Å²) in [6.45, 7) is 3.37. The van der Waals surface area contributed by atoms with Gasteiger partial charge in [0, 0.05) is 24.3 Å². The molecule has 0 atom stereocenters. The van der Waals surface area contributed by atoms with Crippen molar-refractivity contribution in [3.05, 3.63) is 77.4 Å². The molecule has 2 aromatic carbocycles. The molecule has 0 aliphatic rings. The van der Waals surface area contributed by atoms with Crippen molar-refractivity contribution in [1.29, 1.82) is 0 Å². The third-order valence-corrected chi connectivity index (χ3v) is 5.96. The van der Waals surface area contributed by atoms with Gasteiger partial charge in [-0.1, -0.05) is 23.2 Å². The van der Waals surface area contributed by atoms with Crippen LogP contribution in [0, 0.1) is 13.8 Å². The lowest BCUT2D eigenvalue weighted by molar-refractivity contribution is -0.108. The van der Waals surface area contributed by atoms with Gasteiger partial charge >= 0.3 is 11.3 Å². The maximum atomic E-state index is 12.7. The van der Waals surface area contributed by atoms with Gasteiger partial charge in [-0.15, -0.1) is 0 Å². The van der Waals surface area contributed by atoms with Gasteiger partial charge in [-0.2, -0.15) is 0 Å². The molecule has 0 saturated heterocycles. The predicted octanol–water partition coefficient (Wildman–Crippen LogP) is 4.83. The molecule has 0 unspecified atom stereocenters. The number of benzene rings is 2. The number of halogens is 2. The normalized spacial score (nSPS) is 11.0. The Labute approximate surface area is 202 Å². The van der Waals surface area contributed by atoms with Crippen molar-refractivity contribution in [1.82, 2.24) is 0 Å². The van der Waals surface area contributed by atoms with Crippen molar-refractivity contribution in [2.45, 2.75) is 19.8 Å². The predicted molar refractivity (Wildman–Crippen MR) is 129 cm³/mol. The van der Waals surface area contributed by atoms with E-state index in [1.807, 2.05) is 0 Å². The molecule has 0 radical (unpaired) electrons. The molecule has 0 spiro atoms. The summed E-state index contributed by atoms with van der Waals surface area (Å²) in [5.41, 5.74) is -1.84. The van der Waals surface area contributed by atoms with Crippen molar-refractivity contribution < 1.29 is 28.6 Å². The van der Waals surface area contributed by atoms with Gasteiger partial charge in [0.05, 0.1) is 27.8 Å². The first-order valence-corrected chi connectivity index (χ1v) is 10.6. The van der Waals surface area contributed by atoms with Crippen LogP contribution in [0.5, 0.6) is 11.5 Å². The second kappa shape index (κ2) is 9.89. The third-order valence-electron chi connectivity index (χ3n) is 5.15. The lowest BCUT2D eigenvalue weighted by Gasteiger charge is -2.15. The zero-order valence-electron chi connectivity index (χ0n) is 18.6. The highest BCUT2D eigenvalue weighted by molar-refractivity contribution is 6.32. The first-order valence-electron chi connectivity index (χ1n) is 9.82. The van der Waals surface area contributed by atoms with E-state index in [9.17, 15) is 24.6 Å². The van der Waals surface area contributed by atoms with Crippen LogP contribution in [0.15, 0.2) is 42.7 Å². The number of methoxy groups -OCH3 is 1. The van der Waals surface area contributed by atoms with Crippen LogP contribution in [-0.2, 0) is 9.53 Å². The summed E-state index contributed by atoms with van der Waals surface area (Å²) >= 11 is 12.2. The van der Waals surface area contributed by atoms with Crippen LogP contribution >= 0.6 is 23.2 Å². The molecule has 4 aromatic rings. The molecule has 0 saturated carbocycles. The lowest BCUT2D eigenvalue weighted by Crippen LogP contribution is -2.21. The van der Waals surface area contributed by atoms with Crippen molar-refractivity contribution in [3.63, 3.8) is 0 Å². The molecule has 2 heterocycles. The van der Waals surface area contributed by atoms with E-state index in [0.717, 1.165) is 0 Å². The Kier molecular flexibility index (Phi) is 7.35. The molecular formula is C24H20Cl2O8. The van der Waals surface area contributed by atoms with Gasteiger partial charge in [0.25, 0.3) is 0 Å². The van der Waals surface area contributed by atoms with Crippen molar-refractivity contribution in [2.24, 2.45) is 0 Å². The summed E-state index contributed by atoms with van der Waals surface area (Å²) in [6, 6.07) is 5.68. The molecule has 0 bridgehead atoms. The van der Waals surface area contributed by atoms with Crippen molar-refractivity contribution in [2.75, 3.05) is 14.2 Å². The van der Waals surface area contributed by atoms with Gasteiger partial charge in [0.1, 0.15) is 29.0 Å². The van der Waals surface area contributed by atoms with E-state index in [2.05, 4.69) is 4.74 Å². The van der Waals surface area contributed by atoms with E-state index in [1.165, 1.54) is 24.3 Å². The first kappa shape index (κ1) is 25.3. The van der Waals surface area contributed by atoms with Crippen LogP contribution in [0.2, 0.25) is 10.0 Å². The molecular weight excluding hydrogens is 487 g/mol. The summed E-state index contributed by atoms with van der Waals surface area (Å²) < 4.78 is 14.7. The number of rotatable bonds is 3. The first-order chi connectivity index (χ1) is 16.0. The molecule has 0 aliphatic heterocycles. The number of aldehydes is 1. The summed E-state index contributed by atoms with van der Waals surface area (Å²) in [6.07, 6.45) is 0.237. The summed E-state index contributed by atoms with van der Waals surface area (Å²) in [5.74, 6) is -2.85. The van der Waals surface area contributed by atoms with E-state index in [4.69, 9.17) is 32.0 Å². The third kappa shape index (κ3) is 4.40. The molecule has 178 valence electrons. The number of hydrogen-bond acceptors (Lipinski definition) is 8. The van der Waals surface area contributed by atoms with Crippen molar-refractivity contribution >= 4 is 51.4 Å². The van der Waals surface area contributed by atoms with Crippen LogP contribution in [0.3, 0.4) is 0 Å². The Balaban J connectivity index is 0.00000103. The highest BCUT2D eigenvalue weighted by Gasteiger charge is 2.31. The van der Waals surface area contributed by atoms with E-state index in [-0.39, 0.29) is 28.2 Å². The van der Waals surface area contributed by atoms with E-state index >= 15 is 0 Å². The Morgan fingerprint density at radius 2 is 1.18 bits per heavy atom. The SMILES string of the molecule is COC.Cc1cc2oc(=O)c(C(C=O)c3c(O)c4cc(Cl)c(C)cc4oc3=O)c(O)c2cc1Cl. The van der Waals surface area contributed by atoms with Gasteiger partial charge in [0.2, 0.25) is 0 Å². The van der Waals surface area contributed by atoms with Crippen LogP contribution in [0.1, 0.15) is 28.2 Å². The summed E-state index contributed by atoms with van der Waals surface area (Å²) in [4.78, 5) is 37.3. The van der Waals surface area contributed by atoms with Gasteiger partial charge in [0.15, 0.2) is 0 Å². The zero-order valence-corrected chi connectivity index (χ0v) is 20.1. The Morgan fingerprint density at radius 3 is 1.50 bits per heavy atom. The van der Waals surface area contributed by atoms with E-state index < -0.39 is 39.8 Å². The lowest BCUT2D eigenvalue weighted by atomic mass is 9.91. The number of aromatic hydroxyl groups is 2. The average Bonchev–Trinajstić information content (AvgIpc) is 2.76. The van der Waals surface area contributed by atoms with Crippen LogP contribution < -0.4 is 11.3 Å². The summed E-state index contributed by atoms with van der Waals surface area (Å²) in [5, 5.41) is 22.3. The number of carbonyl (C=O) groups is 1. The molecule has 2 aromatic heterocycles.